The second-order valence-corrected chi connectivity index (χ2v) is 17.4. The predicted molar refractivity (Wildman–Crippen MR) is 272 cm³/mol. The van der Waals surface area contributed by atoms with Gasteiger partial charge in [0.15, 0.2) is 0 Å². The van der Waals surface area contributed by atoms with Crippen LogP contribution in [0.1, 0.15) is 0 Å². The first kappa shape index (κ1) is 38.5. The second kappa shape index (κ2) is 16.0. The van der Waals surface area contributed by atoms with Gasteiger partial charge in [-0.05, 0) is 48.5 Å². The van der Waals surface area contributed by atoms with Crippen molar-refractivity contribution in [2.45, 2.75) is 0 Å². The molecule has 0 fully saturated rings. The van der Waals surface area contributed by atoms with E-state index >= 15 is 0 Å². The topological polar surface area (TPSA) is 87.2 Å². The van der Waals surface area contributed by atoms with Crippen molar-refractivity contribution in [1.29, 1.82) is 0 Å². The number of aromatic nitrogens is 8. The maximum atomic E-state index is 5.24. The molecule has 0 unspecified atom stereocenters. The van der Waals surface area contributed by atoms with Crippen molar-refractivity contribution in [2.75, 3.05) is 0 Å². The van der Waals surface area contributed by atoms with Crippen LogP contribution in [0.5, 0.6) is 0 Å². The molecule has 5 heterocycles. The fraction of sp³-hybridized carbons (Fsp3) is 0. The third-order valence-corrected chi connectivity index (χ3v) is 13.4. The first-order valence-electron chi connectivity index (χ1n) is 22.1. The second-order valence-electron chi connectivity index (χ2n) is 16.4. The minimum atomic E-state index is 0.599. The lowest BCUT2D eigenvalue weighted by Crippen LogP contribution is -2.04. The normalized spacial score (nSPS) is 11.6. The molecule has 13 aromatic rings. The number of para-hydroxylation sites is 2. The fourth-order valence-corrected chi connectivity index (χ4v) is 10.2. The minimum absolute atomic E-state index is 0.599. The Hall–Kier alpha value is -8.92. The number of rotatable bonds is 8. The summed E-state index contributed by atoms with van der Waals surface area (Å²) in [5.74, 6) is 1.21. The van der Waals surface area contributed by atoms with Crippen molar-refractivity contribution in [2.24, 2.45) is 0 Å². The molecule has 0 radical (unpaired) electrons. The van der Waals surface area contributed by atoms with Crippen LogP contribution in [0.4, 0.5) is 0 Å². The standard InChI is InChI=1S/C58H36N8S/c1-5-18-37(19-6-1)46-35-47(38-20-7-2-8-21-38)60-57(59-46)65-50-29-15-13-26-42(50)45-34-41(32-33-52(45)65)55-63-64-56(67-55)44-28-17-31-53-54(44)43-27-14-16-30-51(43)66(53)58-61-48(39-22-9-3-10-23-39)36-49(62-58)40-24-11-4-12-25-40/h1-36H. The summed E-state index contributed by atoms with van der Waals surface area (Å²) in [5.41, 5.74) is 13.5. The maximum Gasteiger partial charge on any atom is 0.235 e. The Morgan fingerprint density at radius 3 is 1.25 bits per heavy atom. The van der Waals surface area contributed by atoms with E-state index in [-0.39, 0.29) is 0 Å². The molecule has 67 heavy (non-hydrogen) atoms. The number of benzene rings is 8. The van der Waals surface area contributed by atoms with E-state index in [1.807, 2.05) is 72.8 Å². The van der Waals surface area contributed by atoms with Crippen LogP contribution >= 0.6 is 11.3 Å². The van der Waals surface area contributed by atoms with Gasteiger partial charge in [-0.25, -0.2) is 19.9 Å². The molecule has 0 saturated heterocycles. The van der Waals surface area contributed by atoms with Crippen molar-refractivity contribution in [3.05, 3.63) is 218 Å². The highest BCUT2D eigenvalue weighted by Crippen LogP contribution is 2.42. The van der Waals surface area contributed by atoms with Gasteiger partial charge in [0.1, 0.15) is 10.0 Å². The highest BCUT2D eigenvalue weighted by molar-refractivity contribution is 7.18. The molecular weight excluding hydrogens is 841 g/mol. The van der Waals surface area contributed by atoms with E-state index in [0.717, 1.165) is 110 Å². The third-order valence-electron chi connectivity index (χ3n) is 12.4. The zero-order chi connectivity index (χ0) is 44.3. The molecule has 5 aromatic heterocycles. The summed E-state index contributed by atoms with van der Waals surface area (Å²) in [7, 11) is 0. The maximum absolute atomic E-state index is 5.24. The smallest absolute Gasteiger partial charge is 0.235 e. The van der Waals surface area contributed by atoms with Gasteiger partial charge >= 0.3 is 0 Å². The molecule has 314 valence electrons. The zero-order valence-corrected chi connectivity index (χ0v) is 36.6. The minimum Gasteiger partial charge on any atom is -0.278 e. The Bertz CT molecular complexity index is 3860. The Kier molecular flexibility index (Phi) is 9.17. The van der Waals surface area contributed by atoms with E-state index in [1.165, 1.54) is 0 Å². The largest absolute Gasteiger partial charge is 0.278 e. The summed E-state index contributed by atoms with van der Waals surface area (Å²) in [4.78, 5) is 20.9. The van der Waals surface area contributed by atoms with Crippen LogP contribution in [-0.2, 0) is 0 Å². The van der Waals surface area contributed by atoms with E-state index in [9.17, 15) is 0 Å². The van der Waals surface area contributed by atoms with Crippen LogP contribution in [0.3, 0.4) is 0 Å². The predicted octanol–water partition coefficient (Wildman–Crippen LogP) is 14.3. The van der Waals surface area contributed by atoms with Crippen molar-refractivity contribution in [3.63, 3.8) is 0 Å². The summed E-state index contributed by atoms with van der Waals surface area (Å²) in [5, 5.41) is 15.7. The van der Waals surface area contributed by atoms with E-state index in [0.29, 0.717) is 11.9 Å². The fourth-order valence-electron chi connectivity index (χ4n) is 9.28. The van der Waals surface area contributed by atoms with Crippen molar-refractivity contribution in [3.8, 4) is 78.1 Å². The first-order chi connectivity index (χ1) is 33.2. The van der Waals surface area contributed by atoms with Gasteiger partial charge in [0.25, 0.3) is 0 Å². The van der Waals surface area contributed by atoms with Crippen LogP contribution < -0.4 is 0 Å². The average molecular weight is 877 g/mol. The molecule has 0 aliphatic carbocycles. The van der Waals surface area contributed by atoms with Gasteiger partial charge in [0.05, 0.1) is 44.8 Å². The van der Waals surface area contributed by atoms with E-state index in [1.54, 1.807) is 11.3 Å². The summed E-state index contributed by atoms with van der Waals surface area (Å²) in [6.07, 6.45) is 0. The Balaban J connectivity index is 0.940. The number of hydrogen-bond acceptors (Lipinski definition) is 7. The molecule has 0 aliphatic rings. The van der Waals surface area contributed by atoms with Gasteiger partial charge < -0.3 is 0 Å². The van der Waals surface area contributed by atoms with Gasteiger partial charge in [-0.15, -0.1) is 10.2 Å². The molecular formula is C58H36N8S. The molecule has 0 aliphatic heterocycles. The molecule has 0 spiro atoms. The van der Waals surface area contributed by atoms with Gasteiger partial charge in [0, 0.05) is 54.9 Å². The molecule has 8 aromatic carbocycles. The molecule has 0 N–H and O–H groups in total. The molecule has 0 amide bonds. The quantitative estimate of drug-likeness (QED) is 0.151. The Morgan fingerprint density at radius 1 is 0.299 bits per heavy atom. The lowest BCUT2D eigenvalue weighted by molar-refractivity contribution is 0.995. The average Bonchev–Trinajstić information content (AvgIpc) is 4.13. The SMILES string of the molecule is c1ccc(-c2cc(-c3ccccc3)nc(-n3c4ccccc4c4cc(-c5nnc(-c6cccc7c6c6ccccc6n7-c6nc(-c7ccccc7)cc(-c7ccccc7)n6)s5)ccc43)n2)cc1. The van der Waals surface area contributed by atoms with Crippen LogP contribution in [0.2, 0.25) is 0 Å². The first-order valence-corrected chi connectivity index (χ1v) is 22.9. The Morgan fingerprint density at radius 2 is 0.716 bits per heavy atom. The molecule has 8 nitrogen and oxygen atoms in total. The molecule has 0 bridgehead atoms. The van der Waals surface area contributed by atoms with E-state index in [2.05, 4.69) is 155 Å². The number of nitrogens with zero attached hydrogens (tertiary/aromatic N) is 8. The highest BCUT2D eigenvalue weighted by atomic mass is 32.1. The molecule has 13 rings (SSSR count). The highest BCUT2D eigenvalue weighted by Gasteiger charge is 2.22. The van der Waals surface area contributed by atoms with Crippen LogP contribution in [-0.4, -0.2) is 39.3 Å². The summed E-state index contributed by atoms with van der Waals surface area (Å²) in [6.45, 7) is 0. The monoisotopic (exact) mass is 876 g/mol. The van der Waals surface area contributed by atoms with Crippen molar-refractivity contribution < 1.29 is 0 Å². The van der Waals surface area contributed by atoms with Gasteiger partial charge in [-0.1, -0.05) is 181 Å². The van der Waals surface area contributed by atoms with Gasteiger partial charge in [0.2, 0.25) is 11.9 Å². The van der Waals surface area contributed by atoms with Crippen molar-refractivity contribution >= 4 is 54.9 Å². The summed E-state index contributed by atoms with van der Waals surface area (Å²) >= 11 is 1.59. The zero-order valence-electron chi connectivity index (χ0n) is 35.8. The van der Waals surface area contributed by atoms with Crippen LogP contribution in [0.15, 0.2) is 218 Å². The van der Waals surface area contributed by atoms with Gasteiger partial charge in [-0.3, -0.25) is 9.13 Å². The molecule has 0 saturated carbocycles. The van der Waals surface area contributed by atoms with E-state index < -0.39 is 0 Å². The lowest BCUT2D eigenvalue weighted by atomic mass is 10.1. The molecule has 0 atom stereocenters. The third kappa shape index (κ3) is 6.67. The van der Waals surface area contributed by atoms with Crippen molar-refractivity contribution in [1.82, 2.24) is 39.3 Å². The summed E-state index contributed by atoms with van der Waals surface area (Å²) in [6, 6.07) is 75.2. The van der Waals surface area contributed by atoms with Crippen LogP contribution in [0, 0.1) is 0 Å². The lowest BCUT2D eigenvalue weighted by Gasteiger charge is -2.12. The summed E-state index contributed by atoms with van der Waals surface area (Å²) < 4.78 is 4.36. The van der Waals surface area contributed by atoms with E-state index in [4.69, 9.17) is 30.1 Å². The van der Waals surface area contributed by atoms with Crippen LogP contribution in [0.25, 0.3) is 122 Å². The van der Waals surface area contributed by atoms with Gasteiger partial charge in [-0.2, -0.15) is 0 Å². The Labute approximate surface area is 388 Å². The number of fused-ring (bicyclic) bond motifs is 6. The molecule has 9 heteroatoms. The number of hydrogen-bond donors (Lipinski definition) is 0.